The number of nitrogens with one attached hydrogen (secondary N) is 1. The van der Waals surface area contributed by atoms with Crippen molar-refractivity contribution in [2.75, 3.05) is 13.7 Å². The van der Waals surface area contributed by atoms with Crippen LogP contribution in [-0.4, -0.2) is 30.1 Å². The molecule has 1 aromatic carbocycles. The molecule has 0 saturated heterocycles. The lowest BCUT2D eigenvalue weighted by Crippen LogP contribution is -2.47. The van der Waals surface area contributed by atoms with Crippen LogP contribution in [0, 0.1) is 21.4 Å². The standard InChI is InChI=1S/C15H17N3O5/c1-22-12-5-4-11(18(20)21)8-13(12)23-9-14(19)17-15(10-16)6-2-3-7-15/h4-5,8H,2-3,6-7,9H2,1H3,(H,17,19). The van der Waals surface area contributed by atoms with Crippen molar-refractivity contribution >= 4 is 11.6 Å². The summed E-state index contributed by atoms with van der Waals surface area (Å²) in [7, 11) is 1.40. The summed E-state index contributed by atoms with van der Waals surface area (Å²) in [5.41, 5.74) is -0.988. The predicted octanol–water partition coefficient (Wildman–Crippen LogP) is 1.93. The fourth-order valence-electron chi connectivity index (χ4n) is 2.58. The van der Waals surface area contributed by atoms with Gasteiger partial charge in [-0.3, -0.25) is 14.9 Å². The SMILES string of the molecule is COc1ccc([N+](=O)[O-])cc1OCC(=O)NC1(C#N)CCCC1. The summed E-state index contributed by atoms with van der Waals surface area (Å²) in [5.74, 6) is -0.0458. The van der Waals surface area contributed by atoms with Gasteiger partial charge in [-0.05, 0) is 31.7 Å². The Hall–Kier alpha value is -2.82. The van der Waals surface area contributed by atoms with Gasteiger partial charge in [0.05, 0.1) is 24.2 Å². The molecule has 1 fully saturated rings. The first kappa shape index (κ1) is 16.5. The van der Waals surface area contributed by atoms with E-state index in [1.807, 2.05) is 0 Å². The maximum absolute atomic E-state index is 12.0. The molecule has 8 nitrogen and oxygen atoms in total. The molecule has 0 atom stereocenters. The van der Waals surface area contributed by atoms with Gasteiger partial charge in [0.2, 0.25) is 0 Å². The number of carbonyl (C=O) groups is 1. The van der Waals surface area contributed by atoms with Crippen molar-refractivity contribution in [2.24, 2.45) is 0 Å². The lowest BCUT2D eigenvalue weighted by atomic mass is 10.00. The Labute approximate surface area is 133 Å². The number of hydrogen-bond donors (Lipinski definition) is 1. The summed E-state index contributed by atoms with van der Waals surface area (Å²) in [6.07, 6.45) is 3.03. The van der Waals surface area contributed by atoms with Crippen molar-refractivity contribution in [3.05, 3.63) is 28.3 Å². The van der Waals surface area contributed by atoms with Crippen molar-refractivity contribution in [3.8, 4) is 17.6 Å². The molecule has 1 amide bonds. The van der Waals surface area contributed by atoms with Crippen LogP contribution in [-0.2, 0) is 4.79 Å². The number of ether oxygens (including phenoxy) is 2. The van der Waals surface area contributed by atoms with E-state index in [1.54, 1.807) is 0 Å². The summed E-state index contributed by atoms with van der Waals surface area (Å²) in [4.78, 5) is 22.2. The Bertz CT molecular complexity index is 647. The van der Waals surface area contributed by atoms with Gasteiger partial charge in [-0.25, -0.2) is 0 Å². The monoisotopic (exact) mass is 319 g/mol. The van der Waals surface area contributed by atoms with E-state index in [0.29, 0.717) is 18.6 Å². The summed E-state index contributed by atoms with van der Waals surface area (Å²) in [5, 5.41) is 22.7. The first-order chi connectivity index (χ1) is 11.0. The summed E-state index contributed by atoms with van der Waals surface area (Å²) >= 11 is 0. The molecule has 0 radical (unpaired) electrons. The Balaban J connectivity index is 2.02. The molecule has 0 bridgehead atoms. The van der Waals surface area contributed by atoms with E-state index in [1.165, 1.54) is 25.3 Å². The molecule has 1 saturated carbocycles. The maximum Gasteiger partial charge on any atom is 0.273 e. The van der Waals surface area contributed by atoms with Crippen LogP contribution in [0.4, 0.5) is 5.69 Å². The summed E-state index contributed by atoms with van der Waals surface area (Å²) in [6, 6.07) is 6.04. The van der Waals surface area contributed by atoms with Gasteiger partial charge in [-0.2, -0.15) is 5.26 Å². The van der Waals surface area contributed by atoms with E-state index < -0.39 is 16.4 Å². The van der Waals surface area contributed by atoms with E-state index in [9.17, 15) is 20.2 Å². The Morgan fingerprint density at radius 3 is 2.70 bits per heavy atom. The van der Waals surface area contributed by atoms with Crippen LogP contribution in [0.15, 0.2) is 18.2 Å². The van der Waals surface area contributed by atoms with E-state index in [4.69, 9.17) is 9.47 Å². The van der Waals surface area contributed by atoms with E-state index in [2.05, 4.69) is 11.4 Å². The topological polar surface area (TPSA) is 114 Å². The minimum atomic E-state index is -0.826. The molecule has 23 heavy (non-hydrogen) atoms. The number of methoxy groups -OCH3 is 1. The molecular weight excluding hydrogens is 302 g/mol. The van der Waals surface area contributed by atoms with Crippen LogP contribution in [0.25, 0.3) is 0 Å². The van der Waals surface area contributed by atoms with Crippen LogP contribution in [0.2, 0.25) is 0 Å². The van der Waals surface area contributed by atoms with E-state index in [-0.39, 0.29) is 18.0 Å². The molecule has 0 heterocycles. The Kier molecular flexibility index (Phi) is 5.01. The third-order valence-corrected chi connectivity index (χ3v) is 3.77. The third-order valence-electron chi connectivity index (χ3n) is 3.77. The zero-order valence-electron chi connectivity index (χ0n) is 12.7. The van der Waals surface area contributed by atoms with E-state index >= 15 is 0 Å². The van der Waals surface area contributed by atoms with Gasteiger partial charge >= 0.3 is 0 Å². The molecule has 2 rings (SSSR count). The quantitative estimate of drug-likeness (QED) is 0.633. The highest BCUT2D eigenvalue weighted by atomic mass is 16.6. The van der Waals surface area contributed by atoms with Crippen LogP contribution in [0.3, 0.4) is 0 Å². The number of benzene rings is 1. The Morgan fingerprint density at radius 2 is 2.13 bits per heavy atom. The van der Waals surface area contributed by atoms with Crippen LogP contribution < -0.4 is 14.8 Å². The van der Waals surface area contributed by atoms with Crippen LogP contribution in [0.1, 0.15) is 25.7 Å². The van der Waals surface area contributed by atoms with Crippen LogP contribution >= 0.6 is 0 Å². The highest BCUT2D eigenvalue weighted by molar-refractivity contribution is 5.79. The first-order valence-electron chi connectivity index (χ1n) is 7.17. The number of nitro benzene ring substituents is 1. The van der Waals surface area contributed by atoms with Gasteiger partial charge < -0.3 is 14.8 Å². The molecule has 1 aliphatic rings. The minimum absolute atomic E-state index is 0.106. The van der Waals surface area contributed by atoms with Gasteiger partial charge in [0, 0.05) is 6.07 Å². The smallest absolute Gasteiger partial charge is 0.273 e. The van der Waals surface area contributed by atoms with Crippen molar-refractivity contribution in [2.45, 2.75) is 31.2 Å². The van der Waals surface area contributed by atoms with Gasteiger partial charge in [-0.15, -0.1) is 0 Å². The van der Waals surface area contributed by atoms with Gasteiger partial charge in [0.1, 0.15) is 5.54 Å². The molecule has 1 N–H and O–H groups in total. The number of carbonyl (C=O) groups excluding carboxylic acids is 1. The second-order valence-electron chi connectivity index (χ2n) is 5.33. The molecule has 122 valence electrons. The molecule has 0 spiro atoms. The molecule has 1 aliphatic carbocycles. The largest absolute Gasteiger partial charge is 0.493 e. The zero-order valence-corrected chi connectivity index (χ0v) is 12.7. The normalized spacial score (nSPS) is 15.5. The number of nitrogens with zero attached hydrogens (tertiary/aromatic N) is 2. The van der Waals surface area contributed by atoms with E-state index in [0.717, 1.165) is 12.8 Å². The molecule has 0 aromatic heterocycles. The molecule has 8 heteroatoms. The summed E-state index contributed by atoms with van der Waals surface area (Å²) < 4.78 is 10.4. The molecule has 1 aromatic rings. The fraction of sp³-hybridized carbons (Fsp3) is 0.467. The average molecular weight is 319 g/mol. The maximum atomic E-state index is 12.0. The van der Waals surface area contributed by atoms with Crippen molar-refractivity contribution < 1.29 is 19.2 Å². The zero-order chi connectivity index (χ0) is 16.9. The number of nitriles is 1. The van der Waals surface area contributed by atoms with Crippen molar-refractivity contribution in [1.82, 2.24) is 5.32 Å². The number of nitro groups is 1. The number of rotatable bonds is 6. The van der Waals surface area contributed by atoms with Gasteiger partial charge in [0.25, 0.3) is 11.6 Å². The highest BCUT2D eigenvalue weighted by Gasteiger charge is 2.35. The average Bonchev–Trinajstić information content (AvgIpc) is 3.01. The fourth-order valence-corrected chi connectivity index (χ4v) is 2.58. The first-order valence-corrected chi connectivity index (χ1v) is 7.17. The minimum Gasteiger partial charge on any atom is -0.493 e. The lowest BCUT2D eigenvalue weighted by Gasteiger charge is -2.22. The summed E-state index contributed by atoms with van der Waals surface area (Å²) in [6.45, 7) is -0.346. The Morgan fingerprint density at radius 1 is 1.43 bits per heavy atom. The predicted molar refractivity (Wildman–Crippen MR) is 80.1 cm³/mol. The highest BCUT2D eigenvalue weighted by Crippen LogP contribution is 2.31. The second-order valence-corrected chi connectivity index (χ2v) is 5.33. The number of non-ortho nitro benzene ring substituents is 1. The second kappa shape index (κ2) is 6.96. The lowest BCUT2D eigenvalue weighted by molar-refractivity contribution is -0.385. The van der Waals surface area contributed by atoms with Crippen LogP contribution in [0.5, 0.6) is 11.5 Å². The number of amides is 1. The molecule has 0 unspecified atom stereocenters. The van der Waals surface area contributed by atoms with Gasteiger partial charge in [-0.1, -0.05) is 0 Å². The number of hydrogen-bond acceptors (Lipinski definition) is 6. The molecular formula is C15H17N3O5. The van der Waals surface area contributed by atoms with Crippen molar-refractivity contribution in [3.63, 3.8) is 0 Å². The third kappa shape index (κ3) is 3.88. The molecule has 0 aliphatic heterocycles. The van der Waals surface area contributed by atoms with Gasteiger partial charge in [0.15, 0.2) is 18.1 Å². The van der Waals surface area contributed by atoms with Crippen molar-refractivity contribution in [1.29, 1.82) is 5.26 Å².